The molecule has 0 aliphatic carbocycles. The molecule has 3 aromatic rings. The van der Waals surface area contributed by atoms with Gasteiger partial charge in [-0.1, -0.05) is 24.3 Å². The number of esters is 1. The van der Waals surface area contributed by atoms with Crippen molar-refractivity contribution in [1.82, 2.24) is 0 Å². The molecule has 0 fully saturated rings. The fourth-order valence-corrected chi connectivity index (χ4v) is 3.41. The van der Waals surface area contributed by atoms with Crippen LogP contribution in [0.15, 0.2) is 65.7 Å². The van der Waals surface area contributed by atoms with E-state index in [1.54, 1.807) is 41.8 Å². The second-order valence-corrected chi connectivity index (χ2v) is 6.88. The zero-order valence-electron chi connectivity index (χ0n) is 15.0. The molecule has 1 aliphatic heterocycles. The molecule has 1 aromatic heterocycles. The second-order valence-electron chi connectivity index (χ2n) is 5.94. The first kappa shape index (κ1) is 18.0. The van der Waals surface area contributed by atoms with Gasteiger partial charge in [0.25, 0.3) is 0 Å². The Balaban J connectivity index is 1.58. The quantitative estimate of drug-likeness (QED) is 0.348. The number of carbonyl (C=O) groups excluding carboxylic acids is 2. The molecule has 5 nitrogen and oxygen atoms in total. The molecule has 0 atom stereocenters. The summed E-state index contributed by atoms with van der Waals surface area (Å²) in [5.74, 6) is 0.889. The molecule has 0 radical (unpaired) electrons. The number of allylic oxidation sites excluding steroid dienone is 1. The number of thiophene rings is 1. The van der Waals surface area contributed by atoms with E-state index in [1.165, 1.54) is 11.3 Å². The molecule has 0 saturated carbocycles. The largest absolute Gasteiger partial charge is 0.493 e. The van der Waals surface area contributed by atoms with Gasteiger partial charge in [-0.3, -0.25) is 4.79 Å². The van der Waals surface area contributed by atoms with Gasteiger partial charge in [-0.15, -0.1) is 11.3 Å². The van der Waals surface area contributed by atoms with Crippen molar-refractivity contribution < 1.29 is 23.8 Å². The Hall–Kier alpha value is -3.38. The number of para-hydroxylation sites is 1. The van der Waals surface area contributed by atoms with E-state index < -0.39 is 5.97 Å². The van der Waals surface area contributed by atoms with E-state index >= 15 is 0 Å². The molecule has 140 valence electrons. The van der Waals surface area contributed by atoms with Gasteiger partial charge in [0.2, 0.25) is 5.78 Å². The molecular weight excluding hydrogens is 376 g/mol. The Kier molecular flexibility index (Phi) is 4.95. The van der Waals surface area contributed by atoms with E-state index in [0.717, 1.165) is 5.56 Å². The fraction of sp³-hybridized carbons (Fsp3) is 0.0909. The maximum atomic E-state index is 12.7. The Labute approximate surface area is 165 Å². The fourth-order valence-electron chi connectivity index (χ4n) is 2.81. The van der Waals surface area contributed by atoms with Crippen LogP contribution in [-0.4, -0.2) is 18.4 Å². The molecule has 4 rings (SSSR count). The number of Topliss-reactive ketones (excluding diaryl/α,β-unsaturated/α-hetero) is 1. The van der Waals surface area contributed by atoms with Crippen molar-refractivity contribution in [2.45, 2.75) is 6.92 Å². The van der Waals surface area contributed by atoms with Gasteiger partial charge in [-0.2, -0.15) is 0 Å². The Morgan fingerprint density at radius 2 is 2.00 bits per heavy atom. The van der Waals surface area contributed by atoms with Crippen LogP contribution in [0.1, 0.15) is 32.5 Å². The summed E-state index contributed by atoms with van der Waals surface area (Å²) in [7, 11) is 0. The van der Waals surface area contributed by atoms with Crippen molar-refractivity contribution in [3.05, 3.63) is 81.7 Å². The summed E-state index contributed by atoms with van der Waals surface area (Å²) in [6.45, 7) is 2.42. The molecule has 0 spiro atoms. The van der Waals surface area contributed by atoms with Crippen LogP contribution in [0.4, 0.5) is 0 Å². The van der Waals surface area contributed by atoms with Gasteiger partial charge < -0.3 is 14.2 Å². The van der Waals surface area contributed by atoms with Gasteiger partial charge in [0.15, 0.2) is 5.76 Å². The van der Waals surface area contributed by atoms with E-state index in [4.69, 9.17) is 14.2 Å². The minimum absolute atomic E-state index is 0.198. The lowest BCUT2D eigenvalue weighted by molar-refractivity contribution is 0.0739. The van der Waals surface area contributed by atoms with Crippen molar-refractivity contribution in [1.29, 1.82) is 0 Å². The number of hydrogen-bond acceptors (Lipinski definition) is 6. The number of ether oxygens (including phenoxy) is 3. The second kappa shape index (κ2) is 7.70. The summed E-state index contributed by atoms with van der Waals surface area (Å²) in [6.07, 6.45) is 1.66. The summed E-state index contributed by atoms with van der Waals surface area (Å²) in [6, 6.07) is 15.6. The van der Waals surface area contributed by atoms with Crippen molar-refractivity contribution in [2.75, 3.05) is 6.61 Å². The minimum atomic E-state index is -0.444. The third kappa shape index (κ3) is 3.54. The molecule has 0 saturated heterocycles. The average Bonchev–Trinajstić information content (AvgIpc) is 3.33. The molecule has 0 bridgehead atoms. The van der Waals surface area contributed by atoms with Crippen LogP contribution in [0.5, 0.6) is 17.2 Å². The SMILES string of the molecule is CCOc1ccccc1C=C1Oc2cc(OC(=O)c3cccs3)ccc2C1=O. The highest BCUT2D eigenvalue weighted by Crippen LogP contribution is 2.36. The number of fused-ring (bicyclic) bond motifs is 1. The van der Waals surface area contributed by atoms with Crippen molar-refractivity contribution >= 4 is 29.2 Å². The highest BCUT2D eigenvalue weighted by molar-refractivity contribution is 7.12. The highest BCUT2D eigenvalue weighted by Gasteiger charge is 2.28. The number of hydrogen-bond donors (Lipinski definition) is 0. The van der Waals surface area contributed by atoms with Gasteiger partial charge >= 0.3 is 5.97 Å². The van der Waals surface area contributed by atoms with E-state index in [1.807, 2.05) is 31.2 Å². The average molecular weight is 392 g/mol. The van der Waals surface area contributed by atoms with E-state index in [2.05, 4.69) is 0 Å². The first-order chi connectivity index (χ1) is 13.7. The molecule has 0 N–H and O–H groups in total. The standard InChI is InChI=1S/C22H16O5S/c1-2-25-17-7-4-3-6-14(17)12-19-21(23)16-10-9-15(13-18(16)27-19)26-22(24)20-8-5-11-28-20/h3-13H,2H2,1H3. The van der Waals surface area contributed by atoms with Gasteiger partial charge in [-0.05, 0) is 42.6 Å². The topological polar surface area (TPSA) is 61.8 Å². The predicted octanol–water partition coefficient (Wildman–Crippen LogP) is 4.98. The van der Waals surface area contributed by atoms with E-state index in [9.17, 15) is 9.59 Å². The third-order valence-electron chi connectivity index (χ3n) is 4.08. The first-order valence-electron chi connectivity index (χ1n) is 8.71. The molecule has 28 heavy (non-hydrogen) atoms. The van der Waals surface area contributed by atoms with Crippen LogP contribution < -0.4 is 14.2 Å². The number of benzene rings is 2. The summed E-state index contributed by atoms with van der Waals surface area (Å²) < 4.78 is 16.7. The minimum Gasteiger partial charge on any atom is -0.493 e. The molecule has 6 heteroatoms. The highest BCUT2D eigenvalue weighted by atomic mass is 32.1. The van der Waals surface area contributed by atoms with E-state index in [-0.39, 0.29) is 11.5 Å². The van der Waals surface area contributed by atoms with Gasteiger partial charge in [0.1, 0.15) is 22.1 Å². The maximum absolute atomic E-state index is 12.7. The van der Waals surface area contributed by atoms with Crippen LogP contribution in [0.3, 0.4) is 0 Å². The van der Waals surface area contributed by atoms with E-state index in [0.29, 0.717) is 34.3 Å². The van der Waals surface area contributed by atoms with Gasteiger partial charge in [0.05, 0.1) is 12.2 Å². The number of rotatable bonds is 5. The summed E-state index contributed by atoms with van der Waals surface area (Å²) in [5, 5.41) is 1.80. The number of ketones is 1. The van der Waals surface area contributed by atoms with Crippen LogP contribution in [0, 0.1) is 0 Å². The van der Waals surface area contributed by atoms with Crippen molar-refractivity contribution in [3.8, 4) is 17.2 Å². The first-order valence-corrected chi connectivity index (χ1v) is 9.59. The normalized spacial score (nSPS) is 13.9. The van der Waals surface area contributed by atoms with Crippen LogP contribution >= 0.6 is 11.3 Å². The lowest BCUT2D eigenvalue weighted by atomic mass is 10.1. The van der Waals surface area contributed by atoms with Gasteiger partial charge in [0, 0.05) is 11.6 Å². The smallest absolute Gasteiger partial charge is 0.353 e. The Bertz CT molecular complexity index is 1070. The van der Waals surface area contributed by atoms with Crippen LogP contribution in [0.2, 0.25) is 0 Å². The maximum Gasteiger partial charge on any atom is 0.353 e. The van der Waals surface area contributed by atoms with Crippen LogP contribution in [-0.2, 0) is 0 Å². The van der Waals surface area contributed by atoms with Gasteiger partial charge in [-0.25, -0.2) is 4.79 Å². The monoisotopic (exact) mass is 392 g/mol. The number of carbonyl (C=O) groups is 2. The molecule has 0 amide bonds. The predicted molar refractivity (Wildman–Crippen MR) is 106 cm³/mol. The van der Waals surface area contributed by atoms with Crippen molar-refractivity contribution in [3.63, 3.8) is 0 Å². The van der Waals surface area contributed by atoms with Crippen molar-refractivity contribution in [2.24, 2.45) is 0 Å². The molecule has 2 heterocycles. The third-order valence-corrected chi connectivity index (χ3v) is 4.93. The summed E-state index contributed by atoms with van der Waals surface area (Å²) >= 11 is 1.30. The Morgan fingerprint density at radius 3 is 2.79 bits per heavy atom. The lowest BCUT2D eigenvalue weighted by Crippen LogP contribution is -2.06. The molecule has 1 aliphatic rings. The zero-order valence-corrected chi connectivity index (χ0v) is 15.8. The summed E-state index contributed by atoms with van der Waals surface area (Å²) in [5.41, 5.74) is 1.18. The Morgan fingerprint density at radius 1 is 1.14 bits per heavy atom. The lowest BCUT2D eigenvalue weighted by Gasteiger charge is -2.07. The molecule has 2 aromatic carbocycles. The zero-order chi connectivity index (χ0) is 19.5. The molecule has 0 unspecified atom stereocenters. The van der Waals surface area contributed by atoms with Crippen LogP contribution in [0.25, 0.3) is 6.08 Å². The summed E-state index contributed by atoms with van der Waals surface area (Å²) in [4.78, 5) is 25.3. The molecular formula is C22H16O5S.